The van der Waals surface area contributed by atoms with Crippen LogP contribution in [0.3, 0.4) is 0 Å². The molecule has 3 aromatic rings. The first kappa shape index (κ1) is 21.5. The van der Waals surface area contributed by atoms with Crippen LogP contribution in [0, 0.1) is 12.3 Å². The second-order valence-corrected chi connectivity index (χ2v) is 7.60. The quantitative estimate of drug-likeness (QED) is 0.431. The summed E-state index contributed by atoms with van der Waals surface area (Å²) in [6.45, 7) is 6.59. The van der Waals surface area contributed by atoms with Gasteiger partial charge >= 0.3 is 0 Å². The molecular weight excluding hydrogens is 372 g/mol. The zero-order valence-corrected chi connectivity index (χ0v) is 18.0. The van der Waals surface area contributed by atoms with E-state index in [0.29, 0.717) is 13.0 Å². The number of amidine groups is 1. The maximum atomic E-state index is 13.1. The lowest BCUT2D eigenvalue weighted by molar-refractivity contribution is 0.624. The first-order valence-electron chi connectivity index (χ1n) is 10.6. The van der Waals surface area contributed by atoms with E-state index in [9.17, 15) is 4.79 Å². The summed E-state index contributed by atoms with van der Waals surface area (Å²) < 4.78 is 1.83. The maximum Gasteiger partial charge on any atom is 0.257 e. The molecule has 2 aromatic carbocycles. The summed E-state index contributed by atoms with van der Waals surface area (Å²) in [7, 11) is 0. The summed E-state index contributed by atoms with van der Waals surface area (Å²) >= 11 is 0. The number of nitrogens with one attached hydrogen (secondary N) is 1. The van der Waals surface area contributed by atoms with Crippen LogP contribution in [0.4, 0.5) is 0 Å². The molecule has 0 atom stereocenters. The lowest BCUT2D eigenvalue weighted by Gasteiger charge is -2.16. The van der Waals surface area contributed by atoms with Crippen molar-refractivity contribution in [3.05, 3.63) is 87.1 Å². The Morgan fingerprint density at radius 2 is 1.80 bits per heavy atom. The van der Waals surface area contributed by atoms with Crippen LogP contribution in [0.25, 0.3) is 11.1 Å². The zero-order chi connectivity index (χ0) is 21.7. The SMILES string of the molecule is CCCCc1nc(C)c(CC)c(=O)n1Cc1ccc(-c2ccccc2C(=N)N)cc1. The van der Waals surface area contributed by atoms with E-state index in [1.807, 2.05) is 66.9 Å². The Bertz CT molecular complexity index is 1100. The van der Waals surface area contributed by atoms with Crippen molar-refractivity contribution in [3.63, 3.8) is 0 Å². The molecule has 0 aliphatic heterocycles. The molecule has 1 aromatic heterocycles. The Labute approximate surface area is 178 Å². The zero-order valence-electron chi connectivity index (χ0n) is 18.0. The van der Waals surface area contributed by atoms with Crippen molar-refractivity contribution in [2.24, 2.45) is 5.73 Å². The third-order valence-electron chi connectivity index (χ3n) is 5.48. The fourth-order valence-electron chi connectivity index (χ4n) is 3.79. The molecule has 0 fully saturated rings. The molecule has 0 saturated heterocycles. The van der Waals surface area contributed by atoms with Gasteiger partial charge in [-0.2, -0.15) is 0 Å². The first-order chi connectivity index (χ1) is 14.5. The largest absolute Gasteiger partial charge is 0.384 e. The number of hydrogen-bond acceptors (Lipinski definition) is 3. The van der Waals surface area contributed by atoms with Crippen molar-refractivity contribution in [3.8, 4) is 11.1 Å². The second-order valence-electron chi connectivity index (χ2n) is 7.60. The lowest BCUT2D eigenvalue weighted by atomic mass is 9.98. The van der Waals surface area contributed by atoms with Crippen molar-refractivity contribution in [1.29, 1.82) is 5.41 Å². The van der Waals surface area contributed by atoms with Gasteiger partial charge in [-0.05, 0) is 36.5 Å². The van der Waals surface area contributed by atoms with Gasteiger partial charge in [0.05, 0.1) is 6.54 Å². The number of nitrogens with zero attached hydrogens (tertiary/aromatic N) is 2. The highest BCUT2D eigenvalue weighted by atomic mass is 16.1. The van der Waals surface area contributed by atoms with Gasteiger partial charge in [-0.3, -0.25) is 14.8 Å². The molecule has 0 aliphatic rings. The van der Waals surface area contributed by atoms with Gasteiger partial charge < -0.3 is 5.73 Å². The standard InChI is InChI=1S/C25H30N4O/c1-4-6-11-23-28-17(3)20(5-2)25(30)29(23)16-18-12-14-19(15-13-18)21-9-7-8-10-22(21)24(26)27/h7-10,12-15H,4-6,11,16H2,1-3H3,(H3,26,27). The molecule has 0 aliphatic carbocycles. The van der Waals surface area contributed by atoms with Crippen LogP contribution < -0.4 is 11.3 Å². The van der Waals surface area contributed by atoms with Crippen LogP contribution in [0.1, 0.15) is 54.9 Å². The molecule has 1 heterocycles. The Morgan fingerprint density at radius 3 is 2.43 bits per heavy atom. The number of nitrogen functional groups attached to an aromatic ring is 1. The summed E-state index contributed by atoms with van der Waals surface area (Å²) in [5, 5.41) is 7.81. The number of unbranched alkanes of at least 4 members (excludes halogenated alkanes) is 1. The van der Waals surface area contributed by atoms with Crippen LogP contribution in [-0.4, -0.2) is 15.4 Å². The number of hydrogen-bond donors (Lipinski definition) is 2. The van der Waals surface area contributed by atoms with Crippen molar-refractivity contribution in [2.45, 2.75) is 53.0 Å². The third kappa shape index (κ3) is 4.51. The van der Waals surface area contributed by atoms with Gasteiger partial charge in [0.25, 0.3) is 5.56 Å². The highest BCUT2D eigenvalue weighted by Gasteiger charge is 2.14. The predicted octanol–water partition coefficient (Wildman–Crippen LogP) is 4.46. The smallest absolute Gasteiger partial charge is 0.257 e. The van der Waals surface area contributed by atoms with Gasteiger partial charge in [-0.25, -0.2) is 4.98 Å². The van der Waals surface area contributed by atoms with Crippen LogP contribution in [0.2, 0.25) is 0 Å². The summed E-state index contributed by atoms with van der Waals surface area (Å²) in [5.74, 6) is 0.919. The van der Waals surface area contributed by atoms with E-state index in [0.717, 1.165) is 58.6 Å². The fraction of sp³-hybridized carbons (Fsp3) is 0.320. The number of nitrogens with two attached hydrogens (primary N) is 1. The Morgan fingerprint density at radius 1 is 1.10 bits per heavy atom. The van der Waals surface area contributed by atoms with E-state index in [1.165, 1.54) is 0 Å². The van der Waals surface area contributed by atoms with E-state index in [1.54, 1.807) is 0 Å². The Kier molecular flexibility index (Phi) is 6.83. The molecule has 0 radical (unpaired) electrons. The average Bonchev–Trinajstić information content (AvgIpc) is 2.75. The van der Waals surface area contributed by atoms with E-state index in [4.69, 9.17) is 16.1 Å². The van der Waals surface area contributed by atoms with Crippen LogP contribution in [0.5, 0.6) is 0 Å². The number of aryl methyl sites for hydroxylation is 2. The molecule has 3 N–H and O–H groups in total. The van der Waals surface area contributed by atoms with Crippen molar-refractivity contribution >= 4 is 5.84 Å². The van der Waals surface area contributed by atoms with Crippen molar-refractivity contribution in [2.75, 3.05) is 0 Å². The number of aromatic nitrogens is 2. The second kappa shape index (κ2) is 9.53. The van der Waals surface area contributed by atoms with Gasteiger partial charge in [0.15, 0.2) is 0 Å². The van der Waals surface area contributed by atoms with Crippen LogP contribution in [0.15, 0.2) is 53.3 Å². The number of benzene rings is 2. The monoisotopic (exact) mass is 402 g/mol. The minimum absolute atomic E-state index is 0.0552. The molecule has 30 heavy (non-hydrogen) atoms. The molecule has 0 saturated carbocycles. The molecule has 3 rings (SSSR count). The van der Waals surface area contributed by atoms with Crippen molar-refractivity contribution < 1.29 is 0 Å². The van der Waals surface area contributed by atoms with Gasteiger partial charge in [-0.1, -0.05) is 68.8 Å². The molecule has 156 valence electrons. The Balaban J connectivity index is 1.96. The minimum Gasteiger partial charge on any atom is -0.384 e. The van der Waals surface area contributed by atoms with E-state index in [2.05, 4.69) is 6.92 Å². The normalized spacial score (nSPS) is 10.9. The van der Waals surface area contributed by atoms with Crippen LogP contribution >= 0.6 is 0 Å². The van der Waals surface area contributed by atoms with Gasteiger partial charge in [0.2, 0.25) is 0 Å². The Hall–Kier alpha value is -3.21. The summed E-state index contributed by atoms with van der Waals surface area (Å²) in [4.78, 5) is 17.9. The lowest BCUT2D eigenvalue weighted by Crippen LogP contribution is -2.30. The first-order valence-corrected chi connectivity index (χ1v) is 10.6. The predicted molar refractivity (Wildman–Crippen MR) is 123 cm³/mol. The summed E-state index contributed by atoms with van der Waals surface area (Å²) in [6.07, 6.45) is 3.57. The molecule has 5 heteroatoms. The van der Waals surface area contributed by atoms with Crippen molar-refractivity contribution in [1.82, 2.24) is 9.55 Å². The van der Waals surface area contributed by atoms with Crippen LogP contribution in [-0.2, 0) is 19.4 Å². The molecule has 0 spiro atoms. The fourth-order valence-corrected chi connectivity index (χ4v) is 3.79. The molecular formula is C25H30N4O. The summed E-state index contributed by atoms with van der Waals surface area (Å²) in [6, 6.07) is 15.8. The van der Waals surface area contributed by atoms with Gasteiger partial charge in [0, 0.05) is 23.2 Å². The average molecular weight is 403 g/mol. The van der Waals surface area contributed by atoms with E-state index < -0.39 is 0 Å². The maximum absolute atomic E-state index is 13.1. The van der Waals surface area contributed by atoms with E-state index >= 15 is 0 Å². The molecule has 0 bridgehead atoms. The molecule has 0 amide bonds. The van der Waals surface area contributed by atoms with Gasteiger partial charge in [-0.15, -0.1) is 0 Å². The van der Waals surface area contributed by atoms with Gasteiger partial charge in [0.1, 0.15) is 11.7 Å². The third-order valence-corrected chi connectivity index (χ3v) is 5.48. The highest BCUT2D eigenvalue weighted by molar-refractivity contribution is 6.01. The van der Waals surface area contributed by atoms with E-state index in [-0.39, 0.29) is 11.4 Å². The number of rotatable bonds is 8. The summed E-state index contributed by atoms with van der Waals surface area (Å²) in [5.41, 5.74) is 11.1. The topological polar surface area (TPSA) is 84.8 Å². The minimum atomic E-state index is 0.0552. The highest BCUT2D eigenvalue weighted by Crippen LogP contribution is 2.24. The molecule has 0 unspecified atom stereocenters. The molecule has 5 nitrogen and oxygen atoms in total.